The summed E-state index contributed by atoms with van der Waals surface area (Å²) in [6, 6.07) is 14.7. The van der Waals surface area contributed by atoms with Crippen LogP contribution < -0.4 is 4.74 Å². The fraction of sp³-hybridized carbons (Fsp3) is 0.435. The highest BCUT2D eigenvalue weighted by Gasteiger charge is 2.28. The van der Waals surface area contributed by atoms with Crippen LogP contribution in [0.3, 0.4) is 0 Å². The van der Waals surface area contributed by atoms with Gasteiger partial charge in [0.25, 0.3) is 0 Å². The van der Waals surface area contributed by atoms with Crippen LogP contribution in [-0.4, -0.2) is 56.3 Å². The van der Waals surface area contributed by atoms with Crippen molar-refractivity contribution in [2.45, 2.75) is 38.0 Å². The Bertz CT molecular complexity index is 957. The van der Waals surface area contributed by atoms with Gasteiger partial charge in [0, 0.05) is 32.6 Å². The summed E-state index contributed by atoms with van der Waals surface area (Å²) in [6.45, 7) is 6.17. The Morgan fingerprint density at radius 3 is 2.47 bits per heavy atom. The summed E-state index contributed by atoms with van der Waals surface area (Å²) in [5, 5.41) is 0. The second-order valence-corrected chi connectivity index (χ2v) is 9.66. The van der Waals surface area contributed by atoms with Crippen molar-refractivity contribution in [2.75, 3.05) is 32.8 Å². The molecule has 1 amide bonds. The number of carbonyl (C=O) groups is 1. The first-order chi connectivity index (χ1) is 14.4. The molecule has 1 aliphatic rings. The van der Waals surface area contributed by atoms with Crippen molar-refractivity contribution in [2.24, 2.45) is 0 Å². The molecule has 1 saturated heterocycles. The van der Waals surface area contributed by atoms with Gasteiger partial charge in [-0.2, -0.15) is 4.31 Å². The van der Waals surface area contributed by atoms with Crippen LogP contribution in [0.5, 0.6) is 5.75 Å². The lowest BCUT2D eigenvalue weighted by Crippen LogP contribution is -2.37. The van der Waals surface area contributed by atoms with Crippen LogP contribution in [0.25, 0.3) is 0 Å². The first-order valence-electron chi connectivity index (χ1n) is 10.4. The zero-order valence-electron chi connectivity index (χ0n) is 17.7. The number of hydrogen-bond donors (Lipinski definition) is 0. The van der Waals surface area contributed by atoms with Gasteiger partial charge in [-0.3, -0.25) is 4.79 Å². The van der Waals surface area contributed by atoms with Crippen molar-refractivity contribution in [1.82, 2.24) is 9.21 Å². The molecule has 6 nitrogen and oxygen atoms in total. The Morgan fingerprint density at radius 2 is 1.73 bits per heavy atom. The molecule has 162 valence electrons. The highest BCUT2D eigenvalue weighted by Crippen LogP contribution is 2.19. The molecule has 0 radical (unpaired) electrons. The van der Waals surface area contributed by atoms with Gasteiger partial charge in [-0.05, 0) is 56.5 Å². The molecule has 0 aromatic heterocycles. The number of nitrogens with zero attached hydrogens (tertiary/aromatic N) is 2. The number of aryl methyl sites for hydroxylation is 2. The molecule has 0 bridgehead atoms. The van der Waals surface area contributed by atoms with E-state index >= 15 is 0 Å². The quantitative estimate of drug-likeness (QED) is 0.632. The number of amides is 1. The average molecular weight is 431 g/mol. The maximum atomic E-state index is 12.9. The summed E-state index contributed by atoms with van der Waals surface area (Å²) in [7, 11) is -3.53. The summed E-state index contributed by atoms with van der Waals surface area (Å²) in [5.41, 5.74) is 2.16. The van der Waals surface area contributed by atoms with Gasteiger partial charge in [0.1, 0.15) is 5.75 Å². The number of rotatable bonds is 7. The molecule has 0 spiro atoms. The SMILES string of the molecule is Cc1ccc(S(=O)(=O)N2CCCN(C(=O)CCCOc3cccc(C)c3)CC2)cc1. The van der Waals surface area contributed by atoms with E-state index in [1.165, 1.54) is 4.31 Å². The van der Waals surface area contributed by atoms with Crippen LogP contribution in [0.2, 0.25) is 0 Å². The van der Waals surface area contributed by atoms with Crippen molar-refractivity contribution >= 4 is 15.9 Å². The standard InChI is InChI=1S/C23H30N2O4S/c1-19-9-11-22(12-10-19)30(27,28)25-14-5-13-24(15-16-25)23(26)8-4-17-29-21-7-3-6-20(2)18-21/h3,6-7,9-12,18H,4-5,8,13-17H2,1-2H3. The van der Waals surface area contributed by atoms with Crippen LogP contribution in [0.15, 0.2) is 53.4 Å². The Morgan fingerprint density at radius 1 is 0.967 bits per heavy atom. The molecule has 0 saturated carbocycles. The van der Waals surface area contributed by atoms with E-state index in [1.807, 2.05) is 38.1 Å². The molecule has 2 aromatic carbocycles. The topological polar surface area (TPSA) is 66.9 Å². The summed E-state index contributed by atoms with van der Waals surface area (Å²) < 4.78 is 33.0. The van der Waals surface area contributed by atoms with Crippen LogP contribution >= 0.6 is 0 Å². The number of hydrogen-bond acceptors (Lipinski definition) is 4. The van der Waals surface area contributed by atoms with E-state index < -0.39 is 10.0 Å². The highest BCUT2D eigenvalue weighted by molar-refractivity contribution is 7.89. The van der Waals surface area contributed by atoms with E-state index in [-0.39, 0.29) is 5.91 Å². The summed E-state index contributed by atoms with van der Waals surface area (Å²) >= 11 is 0. The van der Waals surface area contributed by atoms with E-state index in [0.29, 0.717) is 56.9 Å². The lowest BCUT2D eigenvalue weighted by Gasteiger charge is -2.22. The normalized spacial score (nSPS) is 15.6. The number of benzene rings is 2. The lowest BCUT2D eigenvalue weighted by atomic mass is 10.2. The van der Waals surface area contributed by atoms with E-state index in [2.05, 4.69) is 0 Å². The second-order valence-electron chi connectivity index (χ2n) is 7.72. The molecule has 1 aliphatic heterocycles. The van der Waals surface area contributed by atoms with E-state index in [9.17, 15) is 13.2 Å². The van der Waals surface area contributed by atoms with Gasteiger partial charge in [0.2, 0.25) is 15.9 Å². The highest BCUT2D eigenvalue weighted by atomic mass is 32.2. The van der Waals surface area contributed by atoms with E-state index in [1.54, 1.807) is 29.2 Å². The van der Waals surface area contributed by atoms with Gasteiger partial charge in [0.05, 0.1) is 11.5 Å². The Balaban J connectivity index is 1.48. The summed E-state index contributed by atoms with van der Waals surface area (Å²) in [4.78, 5) is 14.7. The first-order valence-corrected chi connectivity index (χ1v) is 11.8. The Kier molecular flexibility index (Phi) is 7.50. The monoisotopic (exact) mass is 430 g/mol. The molecule has 2 aromatic rings. The summed E-state index contributed by atoms with van der Waals surface area (Å²) in [5.74, 6) is 0.867. The van der Waals surface area contributed by atoms with Crippen LogP contribution in [0, 0.1) is 13.8 Å². The minimum Gasteiger partial charge on any atom is -0.494 e. The zero-order valence-corrected chi connectivity index (χ0v) is 18.5. The van der Waals surface area contributed by atoms with Crippen molar-refractivity contribution < 1.29 is 17.9 Å². The van der Waals surface area contributed by atoms with Gasteiger partial charge in [-0.15, -0.1) is 0 Å². The fourth-order valence-corrected chi connectivity index (χ4v) is 4.99. The third-order valence-electron chi connectivity index (χ3n) is 5.26. The largest absolute Gasteiger partial charge is 0.494 e. The lowest BCUT2D eigenvalue weighted by molar-refractivity contribution is -0.131. The smallest absolute Gasteiger partial charge is 0.243 e. The maximum Gasteiger partial charge on any atom is 0.243 e. The van der Waals surface area contributed by atoms with E-state index in [0.717, 1.165) is 16.9 Å². The number of ether oxygens (including phenoxy) is 1. The van der Waals surface area contributed by atoms with Gasteiger partial charge in [-0.25, -0.2) is 8.42 Å². The zero-order chi connectivity index (χ0) is 21.6. The summed E-state index contributed by atoms with van der Waals surface area (Å²) in [6.07, 6.45) is 1.67. The molecule has 3 rings (SSSR count). The molecule has 0 N–H and O–H groups in total. The number of carbonyl (C=O) groups excluding carboxylic acids is 1. The molecule has 7 heteroatoms. The van der Waals surface area contributed by atoms with Gasteiger partial charge in [0.15, 0.2) is 0 Å². The molecule has 1 heterocycles. The Hall–Kier alpha value is -2.38. The fourth-order valence-electron chi connectivity index (χ4n) is 3.52. The van der Waals surface area contributed by atoms with Crippen LogP contribution in [-0.2, 0) is 14.8 Å². The maximum absolute atomic E-state index is 12.9. The molecule has 0 atom stereocenters. The molecule has 0 unspecified atom stereocenters. The van der Waals surface area contributed by atoms with Crippen molar-refractivity contribution in [3.05, 3.63) is 59.7 Å². The third-order valence-corrected chi connectivity index (χ3v) is 7.17. The van der Waals surface area contributed by atoms with Gasteiger partial charge >= 0.3 is 0 Å². The predicted octanol–water partition coefficient (Wildman–Crippen LogP) is 3.39. The van der Waals surface area contributed by atoms with Crippen LogP contribution in [0.4, 0.5) is 0 Å². The third kappa shape index (κ3) is 5.83. The van der Waals surface area contributed by atoms with Gasteiger partial charge in [-0.1, -0.05) is 29.8 Å². The minimum absolute atomic E-state index is 0.0532. The van der Waals surface area contributed by atoms with Crippen LogP contribution in [0.1, 0.15) is 30.4 Å². The van der Waals surface area contributed by atoms with Crippen molar-refractivity contribution in [3.8, 4) is 5.75 Å². The predicted molar refractivity (Wildman–Crippen MR) is 117 cm³/mol. The number of sulfonamides is 1. The molecular weight excluding hydrogens is 400 g/mol. The molecular formula is C23H30N2O4S. The average Bonchev–Trinajstić information content (AvgIpc) is 2.98. The second kappa shape index (κ2) is 10.1. The molecule has 0 aliphatic carbocycles. The van der Waals surface area contributed by atoms with Crippen molar-refractivity contribution in [3.63, 3.8) is 0 Å². The Labute approximate surface area is 179 Å². The molecule has 1 fully saturated rings. The van der Waals surface area contributed by atoms with Crippen molar-refractivity contribution in [1.29, 1.82) is 0 Å². The first kappa shape index (κ1) is 22.3. The van der Waals surface area contributed by atoms with E-state index in [4.69, 9.17) is 4.74 Å². The van der Waals surface area contributed by atoms with Gasteiger partial charge < -0.3 is 9.64 Å². The molecule has 30 heavy (non-hydrogen) atoms. The minimum atomic E-state index is -3.53.